The van der Waals surface area contributed by atoms with Gasteiger partial charge in [0.15, 0.2) is 11.5 Å². The Bertz CT molecular complexity index is 2400. The first-order valence-corrected chi connectivity index (χ1v) is 18.5. The molecule has 1 fully saturated rings. The number of imide groups is 1. The third kappa shape index (κ3) is 6.95. The second kappa shape index (κ2) is 15.2. The van der Waals surface area contributed by atoms with Crippen LogP contribution < -0.4 is 19.5 Å². The molecule has 3 aliphatic heterocycles. The molecule has 3 aliphatic rings. The van der Waals surface area contributed by atoms with Crippen LogP contribution >= 0.6 is 11.3 Å². The van der Waals surface area contributed by atoms with Crippen LogP contribution in [0.1, 0.15) is 61.8 Å². The number of azo groups is 1. The van der Waals surface area contributed by atoms with Crippen molar-refractivity contribution in [3.63, 3.8) is 0 Å². The molecule has 1 N–H and O–H groups in total. The molecule has 55 heavy (non-hydrogen) atoms. The van der Waals surface area contributed by atoms with Gasteiger partial charge in [-0.25, -0.2) is 4.98 Å². The lowest BCUT2D eigenvalue weighted by atomic mass is 10.0. The number of hydrogen-bond donors (Lipinski definition) is 1. The second-order valence-corrected chi connectivity index (χ2v) is 14.2. The quantitative estimate of drug-likeness (QED) is 0.102. The van der Waals surface area contributed by atoms with Gasteiger partial charge in [-0.15, -0.1) is 11.3 Å². The third-order valence-electron chi connectivity index (χ3n) is 9.80. The minimum absolute atomic E-state index is 0.0562. The summed E-state index contributed by atoms with van der Waals surface area (Å²) in [5.41, 5.74) is 6.44. The predicted octanol–water partition coefficient (Wildman–Crippen LogP) is 6.49. The van der Waals surface area contributed by atoms with E-state index in [-0.39, 0.29) is 37.8 Å². The first kappa shape index (κ1) is 35.7. The summed E-state index contributed by atoms with van der Waals surface area (Å²) < 4.78 is 25.8. The summed E-state index contributed by atoms with van der Waals surface area (Å²) in [7, 11) is 3.05. The molecule has 14 heteroatoms. The Balaban J connectivity index is 1.02. The minimum atomic E-state index is -0.728. The third-order valence-corrected chi connectivity index (χ3v) is 11.0. The molecule has 3 aromatic carbocycles. The number of rotatable bonds is 9. The van der Waals surface area contributed by atoms with E-state index in [1.807, 2.05) is 31.3 Å². The first-order valence-electron chi connectivity index (χ1n) is 17.7. The van der Waals surface area contributed by atoms with Crippen molar-refractivity contribution in [1.82, 2.24) is 19.8 Å². The number of hydrogen-bond acceptors (Lipinski definition) is 11. The Morgan fingerprint density at radius 1 is 1.00 bits per heavy atom. The maximum absolute atomic E-state index is 13.3. The number of fused-ring (bicyclic) bond motifs is 4. The van der Waals surface area contributed by atoms with Crippen LogP contribution in [0.5, 0.6) is 17.2 Å². The van der Waals surface area contributed by atoms with Crippen molar-refractivity contribution in [2.75, 3.05) is 20.8 Å². The van der Waals surface area contributed by atoms with Gasteiger partial charge in [-0.2, -0.15) is 10.2 Å². The number of nitrogens with zero attached hydrogens (tertiary/aromatic N) is 5. The molecule has 5 aromatic rings. The highest BCUT2D eigenvalue weighted by atomic mass is 32.1. The zero-order valence-electron chi connectivity index (χ0n) is 30.4. The molecule has 13 nitrogen and oxygen atoms in total. The summed E-state index contributed by atoms with van der Waals surface area (Å²) in [5, 5.41) is 12.3. The van der Waals surface area contributed by atoms with Crippen molar-refractivity contribution in [1.29, 1.82) is 0 Å². The van der Waals surface area contributed by atoms with Gasteiger partial charge in [0.25, 0.3) is 5.91 Å². The molecule has 0 aliphatic carbocycles. The fourth-order valence-electron chi connectivity index (χ4n) is 7.10. The molecule has 0 radical (unpaired) electrons. The summed E-state index contributed by atoms with van der Waals surface area (Å²) >= 11 is 1.63. The van der Waals surface area contributed by atoms with Gasteiger partial charge in [0.2, 0.25) is 17.6 Å². The Kier molecular flexibility index (Phi) is 9.88. The van der Waals surface area contributed by atoms with E-state index in [4.69, 9.17) is 18.9 Å². The smallest absolute Gasteiger partial charge is 0.255 e. The van der Waals surface area contributed by atoms with Gasteiger partial charge in [0.1, 0.15) is 23.5 Å². The van der Waals surface area contributed by atoms with Crippen LogP contribution in [-0.4, -0.2) is 59.0 Å². The highest BCUT2D eigenvalue weighted by Crippen LogP contribution is 2.42. The molecule has 1 saturated heterocycles. The van der Waals surface area contributed by atoms with E-state index >= 15 is 0 Å². The van der Waals surface area contributed by atoms with Crippen LogP contribution in [0.15, 0.2) is 77.1 Å². The highest BCUT2D eigenvalue weighted by Gasteiger charge is 2.40. The van der Waals surface area contributed by atoms with Gasteiger partial charge < -0.3 is 23.8 Å². The predicted molar refractivity (Wildman–Crippen MR) is 203 cm³/mol. The summed E-state index contributed by atoms with van der Waals surface area (Å²) in [5.74, 6) is 7.50. The zero-order chi connectivity index (χ0) is 38.1. The van der Waals surface area contributed by atoms with Gasteiger partial charge in [0, 0.05) is 41.8 Å². The normalized spacial score (nSPS) is 16.2. The lowest BCUT2D eigenvalue weighted by Gasteiger charge is -2.29. The van der Waals surface area contributed by atoms with Gasteiger partial charge in [0.05, 0.1) is 55.6 Å². The van der Waals surface area contributed by atoms with E-state index in [0.29, 0.717) is 59.4 Å². The van der Waals surface area contributed by atoms with Crippen molar-refractivity contribution < 1.29 is 33.3 Å². The van der Waals surface area contributed by atoms with E-state index in [1.54, 1.807) is 41.7 Å². The molecular formula is C41H36N6O7S. The number of amides is 3. The summed E-state index contributed by atoms with van der Waals surface area (Å²) in [6.45, 7) is 3.20. The average Bonchev–Trinajstić information content (AvgIpc) is 3.80. The van der Waals surface area contributed by atoms with Crippen LogP contribution in [-0.2, 0) is 40.5 Å². The molecule has 1 unspecified atom stereocenters. The van der Waals surface area contributed by atoms with E-state index in [9.17, 15) is 14.4 Å². The molecule has 0 saturated carbocycles. The number of nitrogens with one attached hydrogen (secondary N) is 1. The average molecular weight is 757 g/mol. The number of piperidine rings is 1. The van der Waals surface area contributed by atoms with Crippen LogP contribution in [0.2, 0.25) is 0 Å². The summed E-state index contributed by atoms with van der Waals surface area (Å²) in [6, 6.07) is 18.1. The van der Waals surface area contributed by atoms with Gasteiger partial charge in [-0.05, 0) is 43.0 Å². The molecule has 0 spiro atoms. The molecule has 2 aromatic heterocycles. The highest BCUT2D eigenvalue weighted by molar-refractivity contribution is 7.15. The van der Waals surface area contributed by atoms with E-state index in [0.717, 1.165) is 32.5 Å². The van der Waals surface area contributed by atoms with Crippen molar-refractivity contribution in [3.8, 4) is 34.1 Å². The Morgan fingerprint density at radius 3 is 2.56 bits per heavy atom. The second-order valence-electron chi connectivity index (χ2n) is 13.2. The number of thiophene rings is 1. The van der Waals surface area contributed by atoms with E-state index in [1.165, 1.54) is 24.7 Å². The Morgan fingerprint density at radius 2 is 1.80 bits per heavy atom. The maximum Gasteiger partial charge on any atom is 0.255 e. The van der Waals surface area contributed by atoms with Gasteiger partial charge in [-0.1, -0.05) is 48.2 Å². The maximum atomic E-state index is 13.3. The largest absolute Gasteiger partial charge is 0.493 e. The zero-order valence-corrected chi connectivity index (χ0v) is 31.2. The van der Waals surface area contributed by atoms with Crippen LogP contribution in [0.3, 0.4) is 0 Å². The number of aromatic nitrogens is 2. The topological polar surface area (TPSA) is 146 Å². The number of aryl methyl sites for hydroxylation is 1. The molecule has 1 atom stereocenters. The van der Waals surface area contributed by atoms with E-state index in [2.05, 4.69) is 49.1 Å². The minimum Gasteiger partial charge on any atom is -0.493 e. The SMILES string of the molecule is COc1cc(N=Nc2cccc3c2CN(C2CCC(=O)NC2=O)C3=O)cc(OC)c1OCC#Cc1sc2c(c1Cc1ccccc1)COCc1cnc(C)n1-2. The number of benzene rings is 3. The molecule has 3 amide bonds. The molecule has 8 rings (SSSR count). The summed E-state index contributed by atoms with van der Waals surface area (Å²) in [6.07, 6.45) is 3.02. The van der Waals surface area contributed by atoms with Crippen molar-refractivity contribution in [2.24, 2.45) is 10.2 Å². The molecular weight excluding hydrogens is 721 g/mol. The number of ether oxygens (including phenoxy) is 4. The Hall–Kier alpha value is -6.30. The number of methoxy groups -OCH3 is 2. The van der Waals surface area contributed by atoms with Gasteiger partial charge >= 0.3 is 0 Å². The molecule has 278 valence electrons. The number of carbonyl (C=O) groups is 3. The summed E-state index contributed by atoms with van der Waals surface area (Å²) in [4.78, 5) is 44.4. The number of carbonyl (C=O) groups excluding carboxylic acids is 3. The number of imidazole rings is 1. The first-order chi connectivity index (χ1) is 26.8. The van der Waals surface area contributed by atoms with Crippen molar-refractivity contribution >= 4 is 40.4 Å². The van der Waals surface area contributed by atoms with Crippen LogP contribution in [0, 0.1) is 18.8 Å². The van der Waals surface area contributed by atoms with Gasteiger partial charge in [-0.3, -0.25) is 24.3 Å². The fourth-order valence-corrected chi connectivity index (χ4v) is 8.38. The fraction of sp³-hybridized carbons (Fsp3) is 0.268. The van der Waals surface area contributed by atoms with Crippen molar-refractivity contribution in [3.05, 3.63) is 111 Å². The molecule has 5 heterocycles. The Labute approximate surface area is 320 Å². The van der Waals surface area contributed by atoms with Crippen LogP contribution in [0.4, 0.5) is 11.4 Å². The molecule has 0 bridgehead atoms. The lowest BCUT2D eigenvalue weighted by Crippen LogP contribution is -2.52. The van der Waals surface area contributed by atoms with Crippen molar-refractivity contribution in [2.45, 2.75) is 52.0 Å². The lowest BCUT2D eigenvalue weighted by molar-refractivity contribution is -0.136. The van der Waals surface area contributed by atoms with E-state index < -0.39 is 11.9 Å². The van der Waals surface area contributed by atoms with Crippen LogP contribution in [0.25, 0.3) is 5.00 Å². The monoisotopic (exact) mass is 756 g/mol. The standard InChI is InChI=1S/C41H36N6O7S/c1-24-42-20-27-22-53-23-31-29(17-25-9-5-4-6-10-25)36(55-41(31)47(24)27)13-8-16-54-38-34(51-2)18-26(19-35(38)52-3)44-45-32-12-7-11-28-30(32)21-46(40(28)50)33-14-15-37(48)43-39(33)49/h4-7,9-12,18-20,33H,14-17,21-23H2,1-3H3,(H,43,48,49).